The highest BCUT2D eigenvalue weighted by molar-refractivity contribution is 6.02. The molecular formula is C23H38O4. The molecule has 0 amide bonds. The maximum absolute atomic E-state index is 12.5. The minimum Gasteiger partial charge on any atom is -0.508 e. The lowest BCUT2D eigenvalue weighted by molar-refractivity contribution is 0.0920. The SMILES string of the molecule is CCCCCCCCCCCCOc1cc(O)cc(O)c1C(=O)[C@@H](C)CC. The molecule has 0 fully saturated rings. The van der Waals surface area contributed by atoms with Crippen LogP contribution >= 0.6 is 0 Å². The van der Waals surface area contributed by atoms with Crippen molar-refractivity contribution in [2.24, 2.45) is 5.92 Å². The van der Waals surface area contributed by atoms with Crippen molar-refractivity contribution in [3.63, 3.8) is 0 Å². The van der Waals surface area contributed by atoms with E-state index in [1.54, 1.807) is 0 Å². The molecule has 0 radical (unpaired) electrons. The van der Waals surface area contributed by atoms with Gasteiger partial charge in [-0.25, -0.2) is 0 Å². The van der Waals surface area contributed by atoms with E-state index in [0.717, 1.165) is 12.8 Å². The molecule has 4 heteroatoms. The second-order valence-electron chi connectivity index (χ2n) is 7.54. The molecule has 0 aliphatic heterocycles. The Labute approximate surface area is 164 Å². The standard InChI is InChI=1S/C23H38O4/c1-4-6-7-8-9-10-11-12-13-14-15-27-21-17-19(24)16-20(25)22(21)23(26)18(3)5-2/h16-18,24-25H,4-15H2,1-3H3/t18-/m0/s1. The summed E-state index contributed by atoms with van der Waals surface area (Å²) in [4.78, 5) is 12.5. The van der Waals surface area contributed by atoms with Gasteiger partial charge in [0.25, 0.3) is 0 Å². The second kappa shape index (κ2) is 13.5. The third-order valence-electron chi connectivity index (χ3n) is 5.13. The van der Waals surface area contributed by atoms with E-state index in [4.69, 9.17) is 4.74 Å². The number of rotatable bonds is 15. The molecule has 4 nitrogen and oxygen atoms in total. The van der Waals surface area contributed by atoms with Gasteiger partial charge in [-0.3, -0.25) is 4.79 Å². The molecule has 2 N–H and O–H groups in total. The monoisotopic (exact) mass is 378 g/mol. The third kappa shape index (κ3) is 8.68. The van der Waals surface area contributed by atoms with Crippen LogP contribution in [0.2, 0.25) is 0 Å². The van der Waals surface area contributed by atoms with Crippen LogP contribution in [0.25, 0.3) is 0 Å². The zero-order valence-electron chi connectivity index (χ0n) is 17.4. The van der Waals surface area contributed by atoms with Crippen molar-refractivity contribution in [1.29, 1.82) is 0 Å². The molecule has 0 aromatic heterocycles. The molecule has 0 saturated heterocycles. The van der Waals surface area contributed by atoms with Crippen LogP contribution in [0.5, 0.6) is 17.2 Å². The molecule has 0 bridgehead atoms. The summed E-state index contributed by atoms with van der Waals surface area (Å²) in [5.41, 5.74) is 0.189. The van der Waals surface area contributed by atoms with Crippen molar-refractivity contribution >= 4 is 5.78 Å². The zero-order valence-corrected chi connectivity index (χ0v) is 17.4. The number of hydrogen-bond acceptors (Lipinski definition) is 4. The number of Topliss-reactive ketones (excluding diaryl/α,β-unsaturated/α-hetero) is 1. The number of aromatic hydroxyl groups is 2. The molecule has 0 heterocycles. The van der Waals surface area contributed by atoms with Crippen LogP contribution < -0.4 is 4.74 Å². The highest BCUT2D eigenvalue weighted by atomic mass is 16.5. The number of ether oxygens (including phenoxy) is 1. The lowest BCUT2D eigenvalue weighted by Gasteiger charge is -2.15. The summed E-state index contributed by atoms with van der Waals surface area (Å²) in [5, 5.41) is 19.8. The van der Waals surface area contributed by atoms with E-state index in [-0.39, 0.29) is 34.5 Å². The van der Waals surface area contributed by atoms with Gasteiger partial charge < -0.3 is 14.9 Å². The largest absolute Gasteiger partial charge is 0.508 e. The molecule has 0 saturated carbocycles. The molecular weight excluding hydrogens is 340 g/mol. The van der Waals surface area contributed by atoms with Crippen LogP contribution in [0.3, 0.4) is 0 Å². The first-order valence-electron chi connectivity index (χ1n) is 10.7. The van der Waals surface area contributed by atoms with Crippen LogP contribution in [0.4, 0.5) is 0 Å². The summed E-state index contributed by atoms with van der Waals surface area (Å²) >= 11 is 0. The topological polar surface area (TPSA) is 66.8 Å². The van der Waals surface area contributed by atoms with E-state index in [1.165, 1.54) is 63.5 Å². The quantitative estimate of drug-likeness (QED) is 0.266. The molecule has 1 rings (SSSR count). The second-order valence-corrected chi connectivity index (χ2v) is 7.54. The molecule has 1 aromatic rings. The van der Waals surface area contributed by atoms with Crippen molar-refractivity contribution in [2.45, 2.75) is 91.4 Å². The van der Waals surface area contributed by atoms with Crippen LogP contribution in [-0.4, -0.2) is 22.6 Å². The number of ketones is 1. The van der Waals surface area contributed by atoms with Gasteiger partial charge in [0.2, 0.25) is 0 Å². The van der Waals surface area contributed by atoms with E-state index in [9.17, 15) is 15.0 Å². The Morgan fingerprint density at radius 3 is 2.04 bits per heavy atom. The summed E-state index contributed by atoms with van der Waals surface area (Å²) in [5.74, 6) is -0.355. The molecule has 0 aliphatic rings. The molecule has 1 aromatic carbocycles. The van der Waals surface area contributed by atoms with Crippen molar-refractivity contribution < 1.29 is 19.7 Å². The van der Waals surface area contributed by atoms with Crippen molar-refractivity contribution in [3.05, 3.63) is 17.7 Å². The van der Waals surface area contributed by atoms with Gasteiger partial charge in [0.1, 0.15) is 22.8 Å². The van der Waals surface area contributed by atoms with Crippen LogP contribution in [-0.2, 0) is 0 Å². The third-order valence-corrected chi connectivity index (χ3v) is 5.13. The highest BCUT2D eigenvalue weighted by Gasteiger charge is 2.23. The number of carbonyl (C=O) groups excluding carboxylic acids is 1. The fraction of sp³-hybridized carbons (Fsp3) is 0.696. The minimum absolute atomic E-state index is 0.0914. The van der Waals surface area contributed by atoms with Crippen LogP contribution in [0.1, 0.15) is 102 Å². The van der Waals surface area contributed by atoms with Crippen LogP contribution in [0, 0.1) is 5.92 Å². The lowest BCUT2D eigenvalue weighted by Crippen LogP contribution is -2.13. The summed E-state index contributed by atoms with van der Waals surface area (Å²) < 4.78 is 5.75. The summed E-state index contributed by atoms with van der Waals surface area (Å²) in [6.45, 7) is 6.49. The number of carbonyl (C=O) groups is 1. The average molecular weight is 379 g/mol. The number of unbranched alkanes of at least 4 members (excludes halogenated alkanes) is 9. The molecule has 0 spiro atoms. The summed E-state index contributed by atoms with van der Waals surface area (Å²) in [6.07, 6.45) is 13.1. The van der Waals surface area contributed by atoms with E-state index in [1.807, 2.05) is 13.8 Å². The van der Waals surface area contributed by atoms with E-state index < -0.39 is 0 Å². The Bertz CT molecular complexity index is 554. The Hall–Kier alpha value is -1.71. The van der Waals surface area contributed by atoms with Gasteiger partial charge in [-0.15, -0.1) is 0 Å². The molecule has 0 aliphatic carbocycles. The Kier molecular flexibility index (Phi) is 11.6. The van der Waals surface area contributed by atoms with Crippen molar-refractivity contribution in [2.75, 3.05) is 6.61 Å². The van der Waals surface area contributed by atoms with Gasteiger partial charge in [-0.05, 0) is 12.8 Å². The minimum atomic E-state index is -0.210. The molecule has 1 atom stereocenters. The summed E-state index contributed by atoms with van der Waals surface area (Å²) in [7, 11) is 0. The fourth-order valence-electron chi connectivity index (χ4n) is 3.15. The predicted octanol–water partition coefficient (Wildman–Crippen LogP) is 6.63. The van der Waals surface area contributed by atoms with Crippen LogP contribution in [0.15, 0.2) is 12.1 Å². The first-order valence-corrected chi connectivity index (χ1v) is 10.7. The summed E-state index contributed by atoms with van der Waals surface area (Å²) in [6, 6.07) is 2.62. The Morgan fingerprint density at radius 1 is 0.926 bits per heavy atom. The first-order chi connectivity index (χ1) is 13.0. The smallest absolute Gasteiger partial charge is 0.173 e. The van der Waals surface area contributed by atoms with Gasteiger partial charge in [0.05, 0.1) is 6.61 Å². The van der Waals surface area contributed by atoms with Gasteiger partial charge in [-0.2, -0.15) is 0 Å². The number of benzene rings is 1. The van der Waals surface area contributed by atoms with E-state index in [0.29, 0.717) is 13.0 Å². The average Bonchev–Trinajstić information content (AvgIpc) is 2.64. The van der Waals surface area contributed by atoms with Gasteiger partial charge >= 0.3 is 0 Å². The predicted molar refractivity (Wildman–Crippen MR) is 111 cm³/mol. The maximum atomic E-state index is 12.5. The highest BCUT2D eigenvalue weighted by Crippen LogP contribution is 2.35. The normalized spacial score (nSPS) is 12.1. The van der Waals surface area contributed by atoms with Gasteiger partial charge in [-0.1, -0.05) is 78.6 Å². The molecule has 27 heavy (non-hydrogen) atoms. The zero-order chi connectivity index (χ0) is 20.1. The van der Waals surface area contributed by atoms with E-state index >= 15 is 0 Å². The first kappa shape index (κ1) is 23.3. The van der Waals surface area contributed by atoms with E-state index in [2.05, 4.69) is 6.92 Å². The number of hydrogen-bond donors (Lipinski definition) is 2. The Balaban J connectivity index is 2.37. The van der Waals surface area contributed by atoms with Gasteiger partial charge in [0, 0.05) is 18.1 Å². The molecule has 0 unspecified atom stereocenters. The fourth-order valence-corrected chi connectivity index (χ4v) is 3.15. The number of phenols is 2. The lowest BCUT2D eigenvalue weighted by atomic mass is 9.95. The molecule has 154 valence electrons. The maximum Gasteiger partial charge on any atom is 0.173 e. The number of phenolic OH excluding ortho intramolecular Hbond substituents is 2. The Morgan fingerprint density at radius 2 is 1.48 bits per heavy atom. The van der Waals surface area contributed by atoms with Crippen molar-refractivity contribution in [1.82, 2.24) is 0 Å². The van der Waals surface area contributed by atoms with Crippen molar-refractivity contribution in [3.8, 4) is 17.2 Å². The van der Waals surface area contributed by atoms with Gasteiger partial charge in [0.15, 0.2) is 5.78 Å².